The number of carbonyl (C=O) groups is 1. The maximum absolute atomic E-state index is 12.2. The first-order valence-corrected chi connectivity index (χ1v) is 10.6. The van der Waals surface area contributed by atoms with Crippen molar-refractivity contribution in [1.29, 1.82) is 5.26 Å². The van der Waals surface area contributed by atoms with Gasteiger partial charge in [0.2, 0.25) is 0 Å². The van der Waals surface area contributed by atoms with Crippen LogP contribution in [0.25, 0.3) is 0 Å². The summed E-state index contributed by atoms with van der Waals surface area (Å²) in [5.41, 5.74) is 1.19. The highest BCUT2D eigenvalue weighted by Crippen LogP contribution is 2.35. The summed E-state index contributed by atoms with van der Waals surface area (Å²) < 4.78 is 5.50. The smallest absolute Gasteiger partial charge is 0.410 e. The number of hydrogen-bond acceptors (Lipinski definition) is 4. The average molecular weight is 404 g/mol. The first-order valence-electron chi connectivity index (χ1n) is 10.2. The number of ether oxygens (including phenoxy) is 1. The monoisotopic (exact) mass is 403 g/mol. The molecule has 0 spiro atoms. The van der Waals surface area contributed by atoms with Crippen LogP contribution >= 0.6 is 11.6 Å². The van der Waals surface area contributed by atoms with Crippen molar-refractivity contribution in [3.63, 3.8) is 0 Å². The third-order valence-corrected chi connectivity index (χ3v) is 6.15. The Morgan fingerprint density at radius 2 is 1.68 bits per heavy atom. The number of rotatable bonds is 2. The molecule has 0 saturated carbocycles. The molecule has 3 rings (SSSR count). The normalized spacial score (nSPS) is 19.4. The second-order valence-electron chi connectivity index (χ2n) is 8.91. The molecule has 6 heteroatoms. The Morgan fingerprint density at radius 3 is 2.18 bits per heavy atom. The van der Waals surface area contributed by atoms with Crippen LogP contribution < -0.4 is 4.90 Å². The molecule has 152 valence electrons. The number of halogens is 1. The molecule has 0 N–H and O–H groups in total. The molecular formula is C22H30ClN3O2. The summed E-state index contributed by atoms with van der Waals surface area (Å²) in [6, 6.07) is 7.81. The summed E-state index contributed by atoms with van der Waals surface area (Å²) >= 11 is 6.19. The molecule has 0 aromatic heterocycles. The van der Waals surface area contributed by atoms with E-state index in [4.69, 9.17) is 21.6 Å². The van der Waals surface area contributed by atoms with Crippen molar-refractivity contribution in [3.8, 4) is 6.07 Å². The van der Waals surface area contributed by atoms with Gasteiger partial charge in [-0.1, -0.05) is 11.6 Å². The molecule has 0 unspecified atom stereocenters. The summed E-state index contributed by atoms with van der Waals surface area (Å²) in [6.07, 6.45) is 4.27. The van der Waals surface area contributed by atoms with Crippen LogP contribution in [-0.2, 0) is 4.74 Å². The van der Waals surface area contributed by atoms with Gasteiger partial charge in [-0.25, -0.2) is 4.79 Å². The van der Waals surface area contributed by atoms with E-state index < -0.39 is 5.60 Å². The van der Waals surface area contributed by atoms with Gasteiger partial charge in [-0.15, -0.1) is 0 Å². The maximum atomic E-state index is 12.2. The molecule has 1 aromatic carbocycles. The first-order chi connectivity index (χ1) is 13.3. The van der Waals surface area contributed by atoms with E-state index in [1.54, 1.807) is 6.07 Å². The molecule has 2 aliphatic rings. The van der Waals surface area contributed by atoms with Crippen LogP contribution in [0.2, 0.25) is 5.02 Å². The van der Waals surface area contributed by atoms with E-state index >= 15 is 0 Å². The fourth-order valence-corrected chi connectivity index (χ4v) is 4.52. The molecule has 1 amide bonds. The fourth-order valence-electron chi connectivity index (χ4n) is 4.30. The largest absolute Gasteiger partial charge is 0.444 e. The maximum Gasteiger partial charge on any atom is 0.410 e. The SMILES string of the molecule is CC(C)(C)OC(=O)N1CCC(C2CCN(c3ccc(C#N)c(Cl)c3)CC2)CC1. The highest BCUT2D eigenvalue weighted by molar-refractivity contribution is 6.32. The van der Waals surface area contributed by atoms with Crippen molar-refractivity contribution in [2.75, 3.05) is 31.1 Å². The summed E-state index contributed by atoms with van der Waals surface area (Å²) in [5.74, 6) is 1.40. The van der Waals surface area contributed by atoms with Crippen LogP contribution in [0, 0.1) is 23.2 Å². The van der Waals surface area contributed by atoms with E-state index in [-0.39, 0.29) is 6.09 Å². The van der Waals surface area contributed by atoms with Crippen LogP contribution in [0.5, 0.6) is 0 Å². The first kappa shape index (κ1) is 20.8. The predicted octanol–water partition coefficient (Wildman–Crippen LogP) is 5.08. The van der Waals surface area contributed by atoms with Crippen molar-refractivity contribution >= 4 is 23.4 Å². The lowest BCUT2D eigenvalue weighted by Crippen LogP contribution is -2.44. The number of amides is 1. The van der Waals surface area contributed by atoms with Gasteiger partial charge < -0.3 is 14.5 Å². The number of likely N-dealkylation sites (tertiary alicyclic amines) is 1. The molecule has 1 aromatic rings. The number of anilines is 1. The van der Waals surface area contributed by atoms with Crippen LogP contribution in [0.3, 0.4) is 0 Å². The summed E-state index contributed by atoms with van der Waals surface area (Å²) in [6.45, 7) is 9.35. The fraction of sp³-hybridized carbons (Fsp3) is 0.636. The van der Waals surface area contributed by atoms with Gasteiger partial charge in [0.25, 0.3) is 0 Å². The van der Waals surface area contributed by atoms with E-state index in [1.165, 1.54) is 0 Å². The van der Waals surface area contributed by atoms with E-state index in [9.17, 15) is 4.79 Å². The molecule has 0 bridgehead atoms. The Morgan fingerprint density at radius 1 is 1.11 bits per heavy atom. The Kier molecular flexibility index (Phi) is 6.40. The molecule has 2 saturated heterocycles. The summed E-state index contributed by atoms with van der Waals surface area (Å²) in [5, 5.41) is 9.55. The van der Waals surface area contributed by atoms with Gasteiger partial charge in [0, 0.05) is 31.9 Å². The Labute approximate surface area is 173 Å². The minimum absolute atomic E-state index is 0.182. The summed E-state index contributed by atoms with van der Waals surface area (Å²) in [7, 11) is 0. The van der Waals surface area contributed by atoms with Crippen LogP contribution in [0.15, 0.2) is 18.2 Å². The van der Waals surface area contributed by atoms with Gasteiger partial charge in [0.15, 0.2) is 0 Å². The van der Waals surface area contributed by atoms with Gasteiger partial charge in [0.05, 0.1) is 10.6 Å². The molecular weight excluding hydrogens is 374 g/mol. The number of benzene rings is 1. The van der Waals surface area contributed by atoms with Gasteiger partial charge in [-0.3, -0.25) is 0 Å². The van der Waals surface area contributed by atoms with Crippen molar-refractivity contribution in [2.24, 2.45) is 11.8 Å². The highest BCUT2D eigenvalue weighted by Gasteiger charge is 2.32. The zero-order valence-corrected chi connectivity index (χ0v) is 17.8. The third kappa shape index (κ3) is 5.11. The molecule has 0 aliphatic carbocycles. The second-order valence-corrected chi connectivity index (χ2v) is 9.31. The molecule has 28 heavy (non-hydrogen) atoms. The minimum atomic E-state index is -0.435. The van der Waals surface area contributed by atoms with Gasteiger partial charge >= 0.3 is 6.09 Å². The molecule has 2 heterocycles. The lowest BCUT2D eigenvalue weighted by atomic mass is 9.79. The zero-order valence-electron chi connectivity index (χ0n) is 17.1. The quantitative estimate of drug-likeness (QED) is 0.691. The number of carbonyl (C=O) groups excluding carboxylic acids is 1. The Bertz CT molecular complexity index is 737. The standard InChI is InChI=1S/C22H30ClN3O2/c1-22(2,3)28-21(27)26-12-8-17(9-13-26)16-6-10-25(11-7-16)19-5-4-18(15-24)20(23)14-19/h4-5,14,16-17H,6-13H2,1-3H3. The van der Waals surface area contributed by atoms with Crippen LogP contribution in [0.4, 0.5) is 10.5 Å². The third-order valence-electron chi connectivity index (χ3n) is 5.84. The van der Waals surface area contributed by atoms with Gasteiger partial charge in [-0.05, 0) is 76.5 Å². The lowest BCUT2D eigenvalue weighted by molar-refractivity contribution is 0.0152. The van der Waals surface area contributed by atoms with Crippen molar-refractivity contribution in [3.05, 3.63) is 28.8 Å². The molecule has 2 fully saturated rings. The lowest BCUT2D eigenvalue weighted by Gasteiger charge is -2.41. The van der Waals surface area contributed by atoms with E-state index in [0.717, 1.165) is 57.5 Å². The second kappa shape index (κ2) is 8.61. The van der Waals surface area contributed by atoms with E-state index in [2.05, 4.69) is 11.0 Å². The highest BCUT2D eigenvalue weighted by atomic mass is 35.5. The Balaban J connectivity index is 1.48. The van der Waals surface area contributed by atoms with Gasteiger partial charge in [-0.2, -0.15) is 5.26 Å². The number of hydrogen-bond donors (Lipinski definition) is 0. The molecule has 5 nitrogen and oxygen atoms in total. The Hall–Kier alpha value is -1.93. The molecule has 2 aliphatic heterocycles. The van der Waals surface area contributed by atoms with Crippen LogP contribution in [0.1, 0.15) is 52.0 Å². The van der Waals surface area contributed by atoms with Crippen molar-refractivity contribution in [2.45, 2.75) is 52.1 Å². The molecule has 0 atom stereocenters. The zero-order chi connectivity index (χ0) is 20.3. The topological polar surface area (TPSA) is 56.6 Å². The van der Waals surface area contributed by atoms with Crippen LogP contribution in [-0.4, -0.2) is 42.8 Å². The number of piperidine rings is 2. The number of nitriles is 1. The average Bonchev–Trinajstić information content (AvgIpc) is 2.67. The van der Waals surface area contributed by atoms with E-state index in [0.29, 0.717) is 22.4 Å². The van der Waals surface area contributed by atoms with Gasteiger partial charge in [0.1, 0.15) is 11.7 Å². The van der Waals surface area contributed by atoms with Crippen molar-refractivity contribution in [1.82, 2.24) is 4.90 Å². The predicted molar refractivity (Wildman–Crippen MR) is 112 cm³/mol. The van der Waals surface area contributed by atoms with Crippen molar-refractivity contribution < 1.29 is 9.53 Å². The van der Waals surface area contributed by atoms with E-state index in [1.807, 2.05) is 37.8 Å². The number of nitrogens with zero attached hydrogens (tertiary/aromatic N) is 3. The minimum Gasteiger partial charge on any atom is -0.444 e. The molecule has 0 radical (unpaired) electrons. The summed E-state index contributed by atoms with van der Waals surface area (Å²) in [4.78, 5) is 16.5.